The van der Waals surface area contributed by atoms with Gasteiger partial charge in [-0.1, -0.05) is 36.8 Å². The molecular weight excluding hydrogens is 288 g/mol. The molecule has 0 aromatic heterocycles. The standard InChI is InChI=1S/C19H30N2O2/c1-14-5-4-6-17(11-14)15(2)12-20-19(23)21(3)18-9-7-16(13-22)8-10-18/h4-6,11,15-16,18,22H,7-10,12-13H2,1-3H3,(H,20,23)/t15-,16?,18?/m0/s1. The Morgan fingerprint density at radius 1 is 1.35 bits per heavy atom. The number of carbonyl (C=O) groups excluding carboxylic acids is 1. The molecule has 2 N–H and O–H groups in total. The Morgan fingerprint density at radius 3 is 2.65 bits per heavy atom. The first kappa shape index (κ1) is 17.8. The molecule has 2 rings (SSSR count). The van der Waals surface area contributed by atoms with Crippen LogP contribution in [0.3, 0.4) is 0 Å². The normalized spacial score (nSPS) is 22.4. The highest BCUT2D eigenvalue weighted by molar-refractivity contribution is 5.74. The number of aryl methyl sites for hydroxylation is 1. The van der Waals surface area contributed by atoms with Crippen molar-refractivity contribution in [3.63, 3.8) is 0 Å². The van der Waals surface area contributed by atoms with E-state index in [2.05, 4.69) is 43.4 Å². The quantitative estimate of drug-likeness (QED) is 0.875. The molecule has 1 aliphatic rings. The molecule has 1 aromatic carbocycles. The maximum Gasteiger partial charge on any atom is 0.317 e. The van der Waals surface area contributed by atoms with Crippen LogP contribution in [0.1, 0.15) is 49.7 Å². The highest BCUT2D eigenvalue weighted by atomic mass is 16.3. The van der Waals surface area contributed by atoms with Gasteiger partial charge in [0.05, 0.1) is 0 Å². The number of aliphatic hydroxyl groups excluding tert-OH is 1. The summed E-state index contributed by atoms with van der Waals surface area (Å²) in [5.74, 6) is 0.724. The number of hydrogen-bond donors (Lipinski definition) is 2. The highest BCUT2D eigenvalue weighted by Crippen LogP contribution is 2.26. The van der Waals surface area contributed by atoms with E-state index in [1.807, 2.05) is 11.9 Å². The average molecular weight is 318 g/mol. The van der Waals surface area contributed by atoms with Crippen LogP contribution in [0.5, 0.6) is 0 Å². The van der Waals surface area contributed by atoms with E-state index in [1.54, 1.807) is 0 Å². The topological polar surface area (TPSA) is 52.6 Å². The number of nitrogens with one attached hydrogen (secondary N) is 1. The predicted molar refractivity (Wildman–Crippen MR) is 93.6 cm³/mol. The lowest BCUT2D eigenvalue weighted by Crippen LogP contribution is -2.46. The number of amides is 2. The van der Waals surface area contributed by atoms with E-state index in [-0.39, 0.29) is 12.6 Å². The Morgan fingerprint density at radius 2 is 2.04 bits per heavy atom. The van der Waals surface area contributed by atoms with E-state index in [4.69, 9.17) is 0 Å². The van der Waals surface area contributed by atoms with Crippen LogP contribution in [0.2, 0.25) is 0 Å². The molecule has 0 saturated heterocycles. The van der Waals surface area contributed by atoms with Gasteiger partial charge in [-0.05, 0) is 50.0 Å². The van der Waals surface area contributed by atoms with Crippen molar-refractivity contribution >= 4 is 6.03 Å². The van der Waals surface area contributed by atoms with E-state index < -0.39 is 0 Å². The van der Waals surface area contributed by atoms with E-state index >= 15 is 0 Å². The number of hydrogen-bond acceptors (Lipinski definition) is 2. The van der Waals surface area contributed by atoms with Gasteiger partial charge in [-0.3, -0.25) is 0 Å². The molecule has 128 valence electrons. The summed E-state index contributed by atoms with van der Waals surface area (Å²) in [6.45, 7) is 5.15. The Balaban J connectivity index is 1.80. The van der Waals surface area contributed by atoms with Gasteiger partial charge in [0, 0.05) is 26.2 Å². The van der Waals surface area contributed by atoms with Crippen LogP contribution in [0.15, 0.2) is 24.3 Å². The Labute approximate surface area is 139 Å². The SMILES string of the molecule is Cc1cccc([C@@H](C)CNC(=O)N(C)C2CCC(CO)CC2)c1. The second-order valence-corrected chi connectivity index (χ2v) is 6.97. The maximum atomic E-state index is 12.4. The van der Waals surface area contributed by atoms with Gasteiger partial charge in [0.15, 0.2) is 0 Å². The zero-order valence-corrected chi connectivity index (χ0v) is 14.6. The van der Waals surface area contributed by atoms with Crippen molar-refractivity contribution in [3.8, 4) is 0 Å². The van der Waals surface area contributed by atoms with Gasteiger partial charge in [-0.15, -0.1) is 0 Å². The molecule has 1 atom stereocenters. The molecule has 2 amide bonds. The van der Waals surface area contributed by atoms with Gasteiger partial charge >= 0.3 is 6.03 Å². The second kappa shape index (κ2) is 8.34. The first-order valence-corrected chi connectivity index (χ1v) is 8.69. The van der Waals surface area contributed by atoms with Crippen LogP contribution in [-0.2, 0) is 0 Å². The van der Waals surface area contributed by atoms with Crippen molar-refractivity contribution in [2.75, 3.05) is 20.2 Å². The number of urea groups is 1. The van der Waals surface area contributed by atoms with Crippen molar-refractivity contribution in [1.82, 2.24) is 10.2 Å². The van der Waals surface area contributed by atoms with E-state index in [9.17, 15) is 9.90 Å². The smallest absolute Gasteiger partial charge is 0.317 e. The van der Waals surface area contributed by atoms with Crippen molar-refractivity contribution in [1.29, 1.82) is 0 Å². The predicted octanol–water partition coefficient (Wildman–Crippen LogP) is 3.29. The Kier molecular flexibility index (Phi) is 6.46. The van der Waals surface area contributed by atoms with E-state index in [0.29, 0.717) is 24.4 Å². The first-order chi connectivity index (χ1) is 11.0. The zero-order chi connectivity index (χ0) is 16.8. The lowest BCUT2D eigenvalue weighted by Gasteiger charge is -2.34. The van der Waals surface area contributed by atoms with Gasteiger partial charge in [-0.25, -0.2) is 4.79 Å². The Bertz CT molecular complexity index is 510. The molecule has 0 heterocycles. The van der Waals surface area contributed by atoms with Gasteiger partial charge in [-0.2, -0.15) is 0 Å². The van der Waals surface area contributed by atoms with Crippen molar-refractivity contribution < 1.29 is 9.90 Å². The Hall–Kier alpha value is -1.55. The molecule has 1 fully saturated rings. The molecule has 1 aromatic rings. The second-order valence-electron chi connectivity index (χ2n) is 6.97. The van der Waals surface area contributed by atoms with Gasteiger partial charge < -0.3 is 15.3 Å². The van der Waals surface area contributed by atoms with Gasteiger partial charge in [0.25, 0.3) is 0 Å². The highest BCUT2D eigenvalue weighted by Gasteiger charge is 2.26. The molecular formula is C19H30N2O2. The molecule has 0 radical (unpaired) electrons. The summed E-state index contributed by atoms with van der Waals surface area (Å²) in [5, 5.41) is 12.3. The summed E-state index contributed by atoms with van der Waals surface area (Å²) >= 11 is 0. The fourth-order valence-corrected chi connectivity index (χ4v) is 3.34. The van der Waals surface area contributed by atoms with Crippen molar-refractivity contribution in [3.05, 3.63) is 35.4 Å². The summed E-state index contributed by atoms with van der Waals surface area (Å²) in [6.07, 6.45) is 4.00. The molecule has 4 heteroatoms. The summed E-state index contributed by atoms with van der Waals surface area (Å²) < 4.78 is 0. The minimum absolute atomic E-state index is 0.0111. The van der Waals surface area contributed by atoms with Crippen molar-refractivity contribution in [2.45, 2.75) is 51.5 Å². The molecule has 23 heavy (non-hydrogen) atoms. The lowest BCUT2D eigenvalue weighted by atomic mass is 9.86. The molecule has 0 aliphatic heterocycles. The van der Waals surface area contributed by atoms with E-state index in [1.165, 1.54) is 11.1 Å². The number of aliphatic hydroxyl groups is 1. The number of nitrogens with zero attached hydrogens (tertiary/aromatic N) is 1. The fraction of sp³-hybridized carbons (Fsp3) is 0.632. The summed E-state index contributed by atoms with van der Waals surface area (Å²) in [7, 11) is 1.89. The molecule has 4 nitrogen and oxygen atoms in total. The van der Waals surface area contributed by atoms with Crippen LogP contribution in [-0.4, -0.2) is 42.3 Å². The molecule has 0 unspecified atom stereocenters. The minimum Gasteiger partial charge on any atom is -0.396 e. The average Bonchev–Trinajstić information content (AvgIpc) is 2.58. The minimum atomic E-state index is 0.0111. The number of carbonyl (C=O) groups is 1. The molecule has 0 bridgehead atoms. The molecule has 1 saturated carbocycles. The molecule has 0 spiro atoms. The van der Waals surface area contributed by atoms with Crippen molar-refractivity contribution in [2.24, 2.45) is 5.92 Å². The lowest BCUT2D eigenvalue weighted by molar-refractivity contribution is 0.134. The largest absolute Gasteiger partial charge is 0.396 e. The van der Waals surface area contributed by atoms with Crippen LogP contribution >= 0.6 is 0 Å². The van der Waals surface area contributed by atoms with Crippen LogP contribution in [0.4, 0.5) is 4.79 Å². The van der Waals surface area contributed by atoms with Crippen LogP contribution in [0, 0.1) is 12.8 Å². The molecule has 1 aliphatic carbocycles. The summed E-state index contributed by atoms with van der Waals surface area (Å²) in [4.78, 5) is 14.2. The zero-order valence-electron chi connectivity index (χ0n) is 14.6. The number of rotatable bonds is 5. The monoisotopic (exact) mass is 318 g/mol. The fourth-order valence-electron chi connectivity index (χ4n) is 3.34. The van der Waals surface area contributed by atoms with E-state index in [0.717, 1.165) is 25.7 Å². The summed E-state index contributed by atoms with van der Waals surface area (Å²) in [5.41, 5.74) is 2.51. The maximum absolute atomic E-state index is 12.4. The number of benzene rings is 1. The first-order valence-electron chi connectivity index (χ1n) is 8.69. The van der Waals surface area contributed by atoms with Crippen LogP contribution < -0.4 is 5.32 Å². The third kappa shape index (κ3) is 4.96. The summed E-state index contributed by atoms with van der Waals surface area (Å²) in [6, 6.07) is 8.75. The van der Waals surface area contributed by atoms with Gasteiger partial charge in [0.1, 0.15) is 0 Å². The van der Waals surface area contributed by atoms with Crippen LogP contribution in [0.25, 0.3) is 0 Å². The third-order valence-electron chi connectivity index (χ3n) is 5.11. The third-order valence-corrected chi connectivity index (χ3v) is 5.11. The van der Waals surface area contributed by atoms with Gasteiger partial charge in [0.2, 0.25) is 0 Å².